The molecule has 0 atom stereocenters. The van der Waals surface area contributed by atoms with Crippen molar-refractivity contribution in [1.29, 1.82) is 0 Å². The molecule has 0 spiro atoms. The topological polar surface area (TPSA) is 58.4 Å². The summed E-state index contributed by atoms with van der Waals surface area (Å²) in [6, 6.07) is 34.0. The third kappa shape index (κ3) is 5.78. The molecule has 5 heteroatoms. The van der Waals surface area contributed by atoms with E-state index in [0.717, 1.165) is 27.9 Å². The van der Waals surface area contributed by atoms with Crippen molar-refractivity contribution >= 4 is 17.3 Å². The summed E-state index contributed by atoms with van der Waals surface area (Å²) < 4.78 is 6.29. The van der Waals surface area contributed by atoms with Crippen LogP contribution >= 0.6 is 0 Å². The number of amides is 1. The van der Waals surface area contributed by atoms with Gasteiger partial charge in [-0.25, -0.2) is 4.98 Å². The summed E-state index contributed by atoms with van der Waals surface area (Å²) in [7, 11) is 3.96. The zero-order chi connectivity index (χ0) is 27.6. The zero-order valence-corrected chi connectivity index (χ0v) is 23.0. The van der Waals surface area contributed by atoms with Gasteiger partial charge in [0, 0.05) is 36.6 Å². The van der Waals surface area contributed by atoms with E-state index >= 15 is 0 Å². The molecule has 0 aliphatic carbocycles. The maximum atomic E-state index is 13.6. The van der Waals surface area contributed by atoms with Gasteiger partial charge in [-0.3, -0.25) is 4.79 Å². The number of oxazole rings is 1. The number of nitrogens with zero attached hydrogens (tertiary/aromatic N) is 2. The Morgan fingerprint density at radius 1 is 0.744 bits per heavy atom. The van der Waals surface area contributed by atoms with Gasteiger partial charge < -0.3 is 14.6 Å². The smallest absolute Gasteiger partial charge is 0.278 e. The Hall–Kier alpha value is -4.64. The minimum atomic E-state index is -0.325. The van der Waals surface area contributed by atoms with E-state index < -0.39 is 0 Å². The highest BCUT2D eigenvalue weighted by Crippen LogP contribution is 2.33. The molecular weight excluding hydrogens is 482 g/mol. The molecule has 1 amide bonds. The van der Waals surface area contributed by atoms with Gasteiger partial charge in [-0.15, -0.1) is 0 Å². The van der Waals surface area contributed by atoms with Crippen molar-refractivity contribution in [3.63, 3.8) is 0 Å². The molecule has 4 aromatic carbocycles. The Morgan fingerprint density at radius 2 is 1.36 bits per heavy atom. The van der Waals surface area contributed by atoms with Crippen molar-refractivity contribution in [1.82, 2.24) is 4.98 Å². The monoisotopic (exact) mass is 515 g/mol. The highest BCUT2D eigenvalue weighted by molar-refractivity contribution is 6.07. The molecule has 0 bridgehead atoms. The Labute approximate surface area is 230 Å². The number of carbonyl (C=O) groups excluding carboxylic acids is 1. The van der Waals surface area contributed by atoms with Crippen LogP contribution in [0, 0.1) is 0 Å². The van der Waals surface area contributed by atoms with Gasteiger partial charge >= 0.3 is 0 Å². The molecule has 5 aromatic rings. The second-order valence-corrected chi connectivity index (χ2v) is 10.9. The molecular formula is C34H33N3O2. The van der Waals surface area contributed by atoms with E-state index in [9.17, 15) is 4.79 Å². The number of hydrogen-bond donors (Lipinski definition) is 1. The van der Waals surface area contributed by atoms with Crippen LogP contribution in [0.4, 0.5) is 11.4 Å². The van der Waals surface area contributed by atoms with Gasteiger partial charge in [0.25, 0.3) is 5.91 Å². The molecule has 196 valence electrons. The van der Waals surface area contributed by atoms with E-state index in [1.165, 1.54) is 5.56 Å². The van der Waals surface area contributed by atoms with Gasteiger partial charge in [0.2, 0.25) is 5.89 Å². The quantitative estimate of drug-likeness (QED) is 0.247. The largest absolute Gasteiger partial charge is 0.435 e. The number of carbonyl (C=O) groups is 1. The molecule has 5 nitrogen and oxygen atoms in total. The molecule has 1 N–H and O–H groups in total. The lowest BCUT2D eigenvalue weighted by Crippen LogP contribution is -2.13. The first-order chi connectivity index (χ1) is 18.7. The van der Waals surface area contributed by atoms with Crippen LogP contribution in [0.25, 0.3) is 33.9 Å². The predicted octanol–water partition coefficient (Wildman–Crippen LogP) is 8.29. The Balaban J connectivity index is 1.49. The molecule has 0 aliphatic heterocycles. The Kier molecular flexibility index (Phi) is 7.07. The van der Waals surface area contributed by atoms with Crippen molar-refractivity contribution in [3.05, 3.63) is 114 Å². The van der Waals surface area contributed by atoms with E-state index in [2.05, 4.69) is 50.4 Å². The number of benzene rings is 4. The first kappa shape index (κ1) is 26.0. The molecule has 0 radical (unpaired) electrons. The van der Waals surface area contributed by atoms with Crippen molar-refractivity contribution in [2.24, 2.45) is 0 Å². The van der Waals surface area contributed by atoms with Crippen LogP contribution in [-0.4, -0.2) is 25.0 Å². The maximum Gasteiger partial charge on any atom is 0.278 e. The number of anilines is 2. The van der Waals surface area contributed by atoms with Gasteiger partial charge in [-0.1, -0.05) is 87.5 Å². The first-order valence-corrected chi connectivity index (χ1v) is 13.1. The fourth-order valence-corrected chi connectivity index (χ4v) is 4.40. The van der Waals surface area contributed by atoms with E-state index in [4.69, 9.17) is 9.40 Å². The second-order valence-electron chi connectivity index (χ2n) is 10.9. The number of hydrogen-bond acceptors (Lipinski definition) is 4. The molecule has 0 saturated heterocycles. The molecule has 0 aliphatic rings. The molecule has 1 aromatic heterocycles. The normalized spacial score (nSPS) is 11.3. The number of rotatable bonds is 6. The van der Waals surface area contributed by atoms with Crippen LogP contribution in [0.15, 0.2) is 108 Å². The second kappa shape index (κ2) is 10.6. The third-order valence-electron chi connectivity index (χ3n) is 6.71. The fraction of sp³-hybridized carbons (Fsp3) is 0.176. The molecule has 39 heavy (non-hydrogen) atoms. The predicted molar refractivity (Wildman–Crippen MR) is 160 cm³/mol. The van der Waals surface area contributed by atoms with Gasteiger partial charge in [-0.2, -0.15) is 0 Å². The lowest BCUT2D eigenvalue weighted by molar-refractivity contribution is 0.102. The summed E-state index contributed by atoms with van der Waals surface area (Å²) in [5.41, 5.74) is 6.99. The third-order valence-corrected chi connectivity index (χ3v) is 6.71. The lowest BCUT2D eigenvalue weighted by atomic mass is 9.87. The summed E-state index contributed by atoms with van der Waals surface area (Å²) in [6.45, 7) is 6.54. The summed E-state index contributed by atoms with van der Waals surface area (Å²) in [5.74, 6) is 0.520. The highest BCUT2D eigenvalue weighted by atomic mass is 16.4. The Morgan fingerprint density at radius 3 is 2.00 bits per heavy atom. The van der Waals surface area contributed by atoms with Gasteiger partial charge in [0.1, 0.15) is 0 Å². The minimum Gasteiger partial charge on any atom is -0.435 e. The SMILES string of the molecule is CN(C)c1cccc(-c2oc(-c3ccc(C(C)(C)C)cc3)nc2C(=O)Nc2ccc(-c3ccccc3)cc2)c1. The van der Waals surface area contributed by atoms with Crippen molar-refractivity contribution in [2.75, 3.05) is 24.3 Å². The van der Waals surface area contributed by atoms with E-state index in [1.807, 2.05) is 97.9 Å². The highest BCUT2D eigenvalue weighted by Gasteiger charge is 2.23. The average molecular weight is 516 g/mol. The van der Waals surface area contributed by atoms with Crippen LogP contribution in [0.2, 0.25) is 0 Å². The minimum absolute atomic E-state index is 0.0357. The number of nitrogens with one attached hydrogen (secondary N) is 1. The van der Waals surface area contributed by atoms with E-state index in [1.54, 1.807) is 0 Å². The van der Waals surface area contributed by atoms with Crippen LogP contribution in [0.3, 0.4) is 0 Å². The number of aromatic nitrogens is 1. The molecule has 0 unspecified atom stereocenters. The first-order valence-electron chi connectivity index (χ1n) is 13.1. The standard InChI is InChI=1S/C34H33N3O2/c1-34(2,3)27-18-14-25(15-19-27)33-36-30(31(39-33)26-12-9-13-29(22-26)37(4)5)32(38)35-28-20-16-24(17-21-28)23-10-7-6-8-11-23/h6-22H,1-5H3,(H,35,38). The summed E-state index contributed by atoms with van der Waals surface area (Å²) in [5, 5.41) is 3.01. The van der Waals surface area contributed by atoms with Gasteiger partial charge in [0.15, 0.2) is 11.5 Å². The molecule has 0 fully saturated rings. The van der Waals surface area contributed by atoms with Gasteiger partial charge in [0.05, 0.1) is 0 Å². The van der Waals surface area contributed by atoms with Gasteiger partial charge in [-0.05, 0) is 58.5 Å². The van der Waals surface area contributed by atoms with Crippen molar-refractivity contribution in [3.8, 4) is 33.9 Å². The van der Waals surface area contributed by atoms with Crippen molar-refractivity contribution < 1.29 is 9.21 Å². The van der Waals surface area contributed by atoms with Crippen molar-refractivity contribution in [2.45, 2.75) is 26.2 Å². The fourth-order valence-electron chi connectivity index (χ4n) is 4.40. The molecule has 1 heterocycles. The maximum absolute atomic E-state index is 13.6. The lowest BCUT2D eigenvalue weighted by Gasteiger charge is -2.18. The summed E-state index contributed by atoms with van der Waals surface area (Å²) in [6.07, 6.45) is 0. The van der Waals surface area contributed by atoms with Crippen LogP contribution < -0.4 is 10.2 Å². The molecule has 0 saturated carbocycles. The van der Waals surface area contributed by atoms with E-state index in [-0.39, 0.29) is 17.0 Å². The van der Waals surface area contributed by atoms with Crippen LogP contribution in [-0.2, 0) is 5.41 Å². The Bertz CT molecular complexity index is 1580. The van der Waals surface area contributed by atoms with Crippen LogP contribution in [0.5, 0.6) is 0 Å². The summed E-state index contributed by atoms with van der Waals surface area (Å²) in [4.78, 5) is 20.3. The van der Waals surface area contributed by atoms with E-state index in [0.29, 0.717) is 17.3 Å². The summed E-state index contributed by atoms with van der Waals surface area (Å²) >= 11 is 0. The zero-order valence-electron chi connectivity index (χ0n) is 23.0. The molecule has 5 rings (SSSR count). The average Bonchev–Trinajstić information content (AvgIpc) is 3.40. The van der Waals surface area contributed by atoms with Crippen LogP contribution in [0.1, 0.15) is 36.8 Å².